The molecule has 2 N–H and O–H groups in total. The van der Waals surface area contributed by atoms with E-state index in [9.17, 15) is 4.79 Å². The number of rotatable bonds is 2. The molecule has 0 saturated heterocycles. The molecule has 2 heterocycles. The molecule has 3 aromatic rings. The molecule has 0 saturated carbocycles. The lowest BCUT2D eigenvalue weighted by Crippen LogP contribution is -2.23. The molecule has 1 atom stereocenters. The van der Waals surface area contributed by atoms with Gasteiger partial charge in [0.25, 0.3) is 0 Å². The average molecular weight is 403 g/mol. The van der Waals surface area contributed by atoms with Gasteiger partial charge < -0.3 is 5.32 Å². The van der Waals surface area contributed by atoms with Crippen LogP contribution in [0.4, 0.5) is 5.82 Å². The molecule has 120 valence electrons. The first-order valence-electron chi connectivity index (χ1n) is 7.51. The molecule has 0 fully saturated rings. The minimum absolute atomic E-state index is 0.0263. The van der Waals surface area contributed by atoms with Crippen molar-refractivity contribution in [1.82, 2.24) is 10.2 Å². The third kappa shape index (κ3) is 2.74. The summed E-state index contributed by atoms with van der Waals surface area (Å²) in [5.74, 6) is 0.526. The monoisotopic (exact) mass is 401 g/mol. The topological polar surface area (TPSA) is 57.8 Å². The summed E-state index contributed by atoms with van der Waals surface area (Å²) in [6, 6.07) is 15.6. The minimum atomic E-state index is -0.0457. The minimum Gasteiger partial charge on any atom is -0.309 e. The van der Waals surface area contributed by atoms with E-state index in [-0.39, 0.29) is 11.8 Å². The number of amides is 1. The summed E-state index contributed by atoms with van der Waals surface area (Å²) in [5.41, 5.74) is 3.99. The Balaban J connectivity index is 1.87. The number of hydrogen-bond donors (Lipinski definition) is 2. The molecule has 24 heavy (non-hydrogen) atoms. The number of aromatic amines is 1. The van der Waals surface area contributed by atoms with Gasteiger partial charge in [0.15, 0.2) is 5.82 Å². The highest BCUT2D eigenvalue weighted by Crippen LogP contribution is 2.42. The first kappa shape index (κ1) is 15.4. The molecule has 1 unspecified atom stereocenters. The van der Waals surface area contributed by atoms with Gasteiger partial charge in [-0.1, -0.05) is 51.8 Å². The predicted octanol–water partition coefficient (Wildman–Crippen LogP) is 4.97. The number of nitrogens with zero attached hydrogens (tertiary/aromatic N) is 1. The normalized spacial score (nSPS) is 16.6. The second-order valence-corrected chi connectivity index (χ2v) is 7.08. The van der Waals surface area contributed by atoms with E-state index in [1.165, 1.54) is 0 Å². The Morgan fingerprint density at radius 3 is 2.71 bits per heavy atom. The van der Waals surface area contributed by atoms with Gasteiger partial charge in [0, 0.05) is 33.0 Å². The van der Waals surface area contributed by atoms with Crippen molar-refractivity contribution in [1.29, 1.82) is 0 Å². The maximum atomic E-state index is 12.1. The van der Waals surface area contributed by atoms with Crippen molar-refractivity contribution in [3.8, 4) is 11.3 Å². The Kier molecular flexibility index (Phi) is 3.90. The van der Waals surface area contributed by atoms with Crippen molar-refractivity contribution in [3.63, 3.8) is 0 Å². The van der Waals surface area contributed by atoms with Gasteiger partial charge in [0.1, 0.15) is 0 Å². The molecular formula is C18H13BrClN3O. The SMILES string of the molecule is O=C1CC(c2cccc(Br)c2)c2c(n[nH]c2-c2ccc(Cl)cc2)N1. The number of halogens is 2. The van der Waals surface area contributed by atoms with Crippen LogP contribution < -0.4 is 5.32 Å². The quantitative estimate of drug-likeness (QED) is 0.636. The van der Waals surface area contributed by atoms with Crippen molar-refractivity contribution in [3.05, 3.63) is 69.2 Å². The fourth-order valence-corrected chi connectivity index (χ4v) is 3.64. The highest BCUT2D eigenvalue weighted by Gasteiger charge is 2.32. The summed E-state index contributed by atoms with van der Waals surface area (Å²) in [5, 5.41) is 10.9. The molecule has 0 spiro atoms. The molecule has 4 nitrogen and oxygen atoms in total. The van der Waals surface area contributed by atoms with Crippen LogP contribution >= 0.6 is 27.5 Å². The van der Waals surface area contributed by atoms with E-state index < -0.39 is 0 Å². The third-order valence-electron chi connectivity index (χ3n) is 4.18. The zero-order valence-electron chi connectivity index (χ0n) is 12.5. The van der Waals surface area contributed by atoms with Crippen LogP contribution in [-0.2, 0) is 4.79 Å². The van der Waals surface area contributed by atoms with E-state index in [0.29, 0.717) is 17.3 Å². The number of H-pyrrole nitrogens is 1. The van der Waals surface area contributed by atoms with Gasteiger partial charge in [0.2, 0.25) is 5.91 Å². The molecule has 1 amide bonds. The Bertz CT molecular complexity index is 920. The van der Waals surface area contributed by atoms with Gasteiger partial charge in [-0.05, 0) is 29.8 Å². The van der Waals surface area contributed by atoms with Gasteiger partial charge in [0.05, 0.1) is 5.69 Å². The van der Waals surface area contributed by atoms with Crippen molar-refractivity contribution in [2.24, 2.45) is 0 Å². The number of fused-ring (bicyclic) bond motifs is 1. The van der Waals surface area contributed by atoms with Crippen LogP contribution in [0.25, 0.3) is 11.3 Å². The number of carbonyl (C=O) groups is 1. The van der Waals surface area contributed by atoms with Crippen LogP contribution in [-0.4, -0.2) is 16.1 Å². The maximum absolute atomic E-state index is 12.1. The number of anilines is 1. The lowest BCUT2D eigenvalue weighted by Gasteiger charge is -2.23. The average Bonchev–Trinajstić information content (AvgIpc) is 2.98. The summed E-state index contributed by atoms with van der Waals surface area (Å²) >= 11 is 9.50. The number of hydrogen-bond acceptors (Lipinski definition) is 2. The van der Waals surface area contributed by atoms with Crippen molar-refractivity contribution in [2.75, 3.05) is 5.32 Å². The van der Waals surface area contributed by atoms with Crippen LogP contribution in [0.1, 0.15) is 23.5 Å². The molecular weight excluding hydrogens is 390 g/mol. The number of aromatic nitrogens is 2. The van der Waals surface area contributed by atoms with Crippen molar-refractivity contribution < 1.29 is 4.79 Å². The fraction of sp³-hybridized carbons (Fsp3) is 0.111. The molecule has 2 aromatic carbocycles. The smallest absolute Gasteiger partial charge is 0.226 e. The predicted molar refractivity (Wildman–Crippen MR) is 98.3 cm³/mol. The van der Waals surface area contributed by atoms with Crippen LogP contribution in [0.5, 0.6) is 0 Å². The zero-order chi connectivity index (χ0) is 16.7. The first-order valence-corrected chi connectivity index (χ1v) is 8.68. The maximum Gasteiger partial charge on any atom is 0.226 e. The van der Waals surface area contributed by atoms with E-state index in [0.717, 1.165) is 26.9 Å². The summed E-state index contributed by atoms with van der Waals surface area (Å²) in [7, 11) is 0. The van der Waals surface area contributed by atoms with Gasteiger partial charge in [-0.2, -0.15) is 5.10 Å². The lowest BCUT2D eigenvalue weighted by atomic mass is 9.84. The highest BCUT2D eigenvalue weighted by molar-refractivity contribution is 9.10. The van der Waals surface area contributed by atoms with Crippen molar-refractivity contribution >= 4 is 39.3 Å². The zero-order valence-corrected chi connectivity index (χ0v) is 14.9. The van der Waals surface area contributed by atoms with Crippen LogP contribution in [0.2, 0.25) is 5.02 Å². The highest BCUT2D eigenvalue weighted by atomic mass is 79.9. The van der Waals surface area contributed by atoms with E-state index in [1.54, 1.807) is 0 Å². The number of benzene rings is 2. The second-order valence-electron chi connectivity index (χ2n) is 5.73. The standard InChI is InChI=1S/C18H13BrClN3O/c19-12-3-1-2-11(8-12)14-9-15(24)21-18-16(14)17(22-23-18)10-4-6-13(20)7-5-10/h1-8,14H,9H2,(H2,21,22,23,24). The van der Waals surface area contributed by atoms with Crippen molar-refractivity contribution in [2.45, 2.75) is 12.3 Å². The molecule has 0 radical (unpaired) electrons. The largest absolute Gasteiger partial charge is 0.309 e. The lowest BCUT2D eigenvalue weighted by molar-refractivity contribution is -0.116. The first-order chi connectivity index (χ1) is 11.6. The summed E-state index contributed by atoms with van der Waals surface area (Å²) in [4.78, 5) is 12.1. The number of nitrogens with one attached hydrogen (secondary N) is 2. The molecule has 0 bridgehead atoms. The number of carbonyl (C=O) groups excluding carboxylic acids is 1. The molecule has 0 aliphatic carbocycles. The molecule has 1 aliphatic rings. The van der Waals surface area contributed by atoms with Crippen LogP contribution in [0.3, 0.4) is 0 Å². The fourth-order valence-electron chi connectivity index (χ4n) is 3.10. The van der Waals surface area contributed by atoms with Crippen LogP contribution in [0.15, 0.2) is 53.0 Å². The summed E-state index contributed by atoms with van der Waals surface area (Å²) < 4.78 is 0.990. The van der Waals surface area contributed by atoms with Gasteiger partial charge in [-0.25, -0.2) is 0 Å². The third-order valence-corrected chi connectivity index (χ3v) is 4.93. The van der Waals surface area contributed by atoms with E-state index in [2.05, 4.69) is 31.4 Å². The van der Waals surface area contributed by atoms with Gasteiger partial charge in [-0.15, -0.1) is 0 Å². The summed E-state index contributed by atoms with van der Waals surface area (Å²) in [6.45, 7) is 0. The van der Waals surface area contributed by atoms with Crippen LogP contribution in [0, 0.1) is 0 Å². The molecule has 4 rings (SSSR count). The van der Waals surface area contributed by atoms with E-state index in [1.807, 2.05) is 48.5 Å². The summed E-state index contributed by atoms with van der Waals surface area (Å²) in [6.07, 6.45) is 0.392. The van der Waals surface area contributed by atoms with E-state index >= 15 is 0 Å². The Hall–Kier alpha value is -2.11. The van der Waals surface area contributed by atoms with Gasteiger partial charge in [-0.3, -0.25) is 9.89 Å². The second kappa shape index (κ2) is 6.07. The Morgan fingerprint density at radius 2 is 1.96 bits per heavy atom. The van der Waals surface area contributed by atoms with E-state index in [4.69, 9.17) is 11.6 Å². The molecule has 1 aromatic heterocycles. The molecule has 6 heteroatoms. The molecule has 1 aliphatic heterocycles. The van der Waals surface area contributed by atoms with Gasteiger partial charge >= 0.3 is 0 Å². The Labute approximate surface area is 152 Å². The Morgan fingerprint density at radius 1 is 1.17 bits per heavy atom.